The van der Waals surface area contributed by atoms with Crippen molar-refractivity contribution in [2.75, 3.05) is 5.75 Å². The van der Waals surface area contributed by atoms with E-state index in [9.17, 15) is 22.8 Å². The SMILES string of the molecule is CC(C)[C@@H]1CC[C@@H](C)C[C@@H]1OC(=O)CSc1nc2ccccc2c(=O)n1-c1cccc(C(F)(F)F)c1. The second-order valence-corrected chi connectivity index (χ2v) is 10.7. The molecule has 3 aromatic rings. The molecule has 36 heavy (non-hydrogen) atoms. The minimum atomic E-state index is -4.56. The van der Waals surface area contributed by atoms with Gasteiger partial charge in [0.1, 0.15) is 6.10 Å². The van der Waals surface area contributed by atoms with Crippen LogP contribution in [-0.4, -0.2) is 27.4 Å². The molecule has 9 heteroatoms. The van der Waals surface area contributed by atoms with Gasteiger partial charge in [0.15, 0.2) is 5.16 Å². The number of benzene rings is 2. The van der Waals surface area contributed by atoms with Gasteiger partial charge in [-0.2, -0.15) is 13.2 Å². The fraction of sp³-hybridized carbons (Fsp3) is 0.444. The summed E-state index contributed by atoms with van der Waals surface area (Å²) < 4.78 is 47.1. The van der Waals surface area contributed by atoms with Crippen molar-refractivity contribution < 1.29 is 22.7 Å². The number of rotatable bonds is 6. The molecular weight excluding hydrogens is 489 g/mol. The van der Waals surface area contributed by atoms with Crippen LogP contribution in [0.1, 0.15) is 45.6 Å². The van der Waals surface area contributed by atoms with Gasteiger partial charge in [-0.1, -0.05) is 57.2 Å². The summed E-state index contributed by atoms with van der Waals surface area (Å²) in [7, 11) is 0. The van der Waals surface area contributed by atoms with E-state index in [2.05, 4.69) is 25.8 Å². The van der Waals surface area contributed by atoms with Gasteiger partial charge in [0, 0.05) is 0 Å². The first-order valence-corrected chi connectivity index (χ1v) is 13.0. The van der Waals surface area contributed by atoms with Gasteiger partial charge >= 0.3 is 12.1 Å². The van der Waals surface area contributed by atoms with Crippen molar-refractivity contribution in [3.05, 3.63) is 64.4 Å². The number of thioether (sulfide) groups is 1. The molecule has 0 saturated heterocycles. The van der Waals surface area contributed by atoms with Crippen LogP contribution in [0.5, 0.6) is 0 Å². The van der Waals surface area contributed by atoms with Crippen LogP contribution in [0.3, 0.4) is 0 Å². The van der Waals surface area contributed by atoms with Crippen LogP contribution in [0.4, 0.5) is 13.2 Å². The van der Waals surface area contributed by atoms with Gasteiger partial charge < -0.3 is 4.74 Å². The van der Waals surface area contributed by atoms with Gasteiger partial charge in [-0.05, 0) is 60.9 Å². The lowest BCUT2D eigenvalue weighted by Crippen LogP contribution is -2.36. The molecule has 0 spiro atoms. The molecule has 1 aromatic heterocycles. The molecule has 0 radical (unpaired) electrons. The Bertz CT molecular complexity index is 1310. The van der Waals surface area contributed by atoms with Gasteiger partial charge in [-0.25, -0.2) is 4.98 Å². The number of carbonyl (C=O) groups excluding carboxylic acids is 1. The van der Waals surface area contributed by atoms with Crippen LogP contribution < -0.4 is 5.56 Å². The van der Waals surface area contributed by atoms with Crippen LogP contribution in [-0.2, 0) is 15.7 Å². The lowest BCUT2D eigenvalue weighted by molar-refractivity contribution is -0.152. The van der Waals surface area contributed by atoms with E-state index in [1.54, 1.807) is 24.3 Å². The fourth-order valence-corrected chi connectivity index (χ4v) is 5.63. The molecule has 1 saturated carbocycles. The van der Waals surface area contributed by atoms with Crippen molar-refractivity contribution in [2.24, 2.45) is 17.8 Å². The molecule has 3 atom stereocenters. The van der Waals surface area contributed by atoms with Crippen LogP contribution >= 0.6 is 11.8 Å². The van der Waals surface area contributed by atoms with E-state index in [0.717, 1.165) is 47.7 Å². The molecule has 0 unspecified atom stereocenters. The molecule has 1 fully saturated rings. The molecule has 4 rings (SSSR count). The highest BCUT2D eigenvalue weighted by Crippen LogP contribution is 2.36. The Balaban J connectivity index is 1.64. The summed E-state index contributed by atoms with van der Waals surface area (Å²) in [6.45, 7) is 6.41. The van der Waals surface area contributed by atoms with Gasteiger partial charge in [0.05, 0.1) is 27.9 Å². The highest BCUT2D eigenvalue weighted by Gasteiger charge is 2.34. The largest absolute Gasteiger partial charge is 0.461 e. The first-order valence-electron chi connectivity index (χ1n) is 12.1. The minimum Gasteiger partial charge on any atom is -0.461 e. The lowest BCUT2D eigenvalue weighted by Gasteiger charge is -2.36. The van der Waals surface area contributed by atoms with Crippen LogP contribution in [0.25, 0.3) is 16.6 Å². The average Bonchev–Trinajstić information content (AvgIpc) is 2.82. The van der Waals surface area contributed by atoms with Crippen molar-refractivity contribution in [3.63, 3.8) is 0 Å². The molecule has 192 valence electrons. The summed E-state index contributed by atoms with van der Waals surface area (Å²) in [6, 6.07) is 11.2. The van der Waals surface area contributed by atoms with E-state index in [1.165, 1.54) is 12.1 Å². The van der Waals surface area contributed by atoms with Gasteiger partial charge in [0.2, 0.25) is 0 Å². The van der Waals surface area contributed by atoms with Crippen LogP contribution in [0, 0.1) is 17.8 Å². The smallest absolute Gasteiger partial charge is 0.416 e. The predicted octanol–water partition coefficient (Wildman–Crippen LogP) is 6.50. The maximum Gasteiger partial charge on any atom is 0.416 e. The number of halogens is 3. The number of hydrogen-bond donors (Lipinski definition) is 0. The Labute approximate surface area is 212 Å². The number of alkyl halides is 3. The summed E-state index contributed by atoms with van der Waals surface area (Å²) in [5, 5.41) is 0.408. The third-order valence-corrected chi connectivity index (χ3v) is 7.65. The van der Waals surface area contributed by atoms with E-state index in [1.807, 2.05) is 0 Å². The third kappa shape index (κ3) is 5.77. The number of ether oxygens (including phenoxy) is 1. The third-order valence-electron chi connectivity index (χ3n) is 6.74. The standard InChI is InChI=1S/C27H29F3N2O3S/c1-16(2)20-12-11-17(3)13-23(20)35-24(33)15-36-26-31-22-10-5-4-9-21(22)25(34)32(26)19-8-6-7-18(14-19)27(28,29)30/h4-10,14,16-17,20,23H,11-13,15H2,1-3H3/t17-,20+,23+/m1/s1. The Morgan fingerprint density at radius 3 is 2.64 bits per heavy atom. The summed E-state index contributed by atoms with van der Waals surface area (Å²) >= 11 is 0.987. The number of aromatic nitrogens is 2. The Morgan fingerprint density at radius 1 is 1.17 bits per heavy atom. The normalized spacial score (nSPS) is 20.6. The second kappa shape index (κ2) is 10.7. The fourth-order valence-electron chi connectivity index (χ4n) is 4.83. The number of nitrogens with zero attached hydrogens (tertiary/aromatic N) is 2. The van der Waals surface area contributed by atoms with Crippen molar-refractivity contribution in [1.82, 2.24) is 9.55 Å². The molecule has 0 amide bonds. The van der Waals surface area contributed by atoms with Crippen LogP contribution in [0.2, 0.25) is 0 Å². The summed E-state index contributed by atoms with van der Waals surface area (Å²) in [5.74, 6) is 0.606. The zero-order valence-corrected chi connectivity index (χ0v) is 21.2. The summed E-state index contributed by atoms with van der Waals surface area (Å²) in [6.07, 6.45) is -1.81. The second-order valence-electron chi connectivity index (χ2n) is 9.74. The summed E-state index contributed by atoms with van der Waals surface area (Å²) in [5.41, 5.74) is -0.939. The number of esters is 1. The predicted molar refractivity (Wildman–Crippen MR) is 134 cm³/mol. The molecule has 0 aliphatic heterocycles. The molecular formula is C27H29F3N2O3S. The van der Waals surface area contributed by atoms with E-state index in [4.69, 9.17) is 4.74 Å². The Kier molecular flexibility index (Phi) is 7.78. The molecule has 0 bridgehead atoms. The van der Waals surface area contributed by atoms with Crippen molar-refractivity contribution in [3.8, 4) is 5.69 Å². The van der Waals surface area contributed by atoms with E-state index in [-0.39, 0.29) is 34.0 Å². The molecule has 5 nitrogen and oxygen atoms in total. The van der Waals surface area contributed by atoms with E-state index in [0.29, 0.717) is 17.4 Å². The first-order chi connectivity index (χ1) is 17.0. The molecule has 1 aliphatic rings. The average molecular weight is 519 g/mol. The number of para-hydroxylation sites is 1. The molecule has 1 heterocycles. The Morgan fingerprint density at radius 2 is 1.92 bits per heavy atom. The van der Waals surface area contributed by atoms with E-state index < -0.39 is 23.3 Å². The highest BCUT2D eigenvalue weighted by atomic mass is 32.2. The maximum atomic E-state index is 13.4. The zero-order valence-electron chi connectivity index (χ0n) is 20.4. The zero-order chi connectivity index (χ0) is 26.0. The molecule has 0 N–H and O–H groups in total. The van der Waals surface area contributed by atoms with Gasteiger partial charge in [0.25, 0.3) is 5.56 Å². The number of carbonyl (C=O) groups is 1. The van der Waals surface area contributed by atoms with Crippen molar-refractivity contribution in [2.45, 2.75) is 57.5 Å². The first kappa shape index (κ1) is 26.3. The number of fused-ring (bicyclic) bond motifs is 1. The van der Waals surface area contributed by atoms with Crippen molar-refractivity contribution >= 4 is 28.6 Å². The topological polar surface area (TPSA) is 61.2 Å². The quantitative estimate of drug-likeness (QED) is 0.212. The monoisotopic (exact) mass is 518 g/mol. The van der Waals surface area contributed by atoms with Gasteiger partial charge in [-0.3, -0.25) is 14.2 Å². The highest BCUT2D eigenvalue weighted by molar-refractivity contribution is 7.99. The van der Waals surface area contributed by atoms with Crippen molar-refractivity contribution in [1.29, 1.82) is 0 Å². The Hall–Kier alpha value is -2.81. The molecule has 2 aromatic carbocycles. The molecule has 1 aliphatic carbocycles. The van der Waals surface area contributed by atoms with E-state index >= 15 is 0 Å². The maximum absolute atomic E-state index is 13.4. The number of hydrogen-bond acceptors (Lipinski definition) is 5. The lowest BCUT2D eigenvalue weighted by atomic mass is 9.75. The van der Waals surface area contributed by atoms with Gasteiger partial charge in [-0.15, -0.1) is 0 Å². The summed E-state index contributed by atoms with van der Waals surface area (Å²) in [4.78, 5) is 30.7. The minimum absolute atomic E-state index is 0.0323. The van der Waals surface area contributed by atoms with Crippen LogP contribution in [0.15, 0.2) is 58.5 Å².